The standard InChI is InChI=1S/C14H17ClN4O/c1-18-5-7-19(8-6-18)10-13-16-17-14(20-13)11-3-2-4-12(15)9-11/h2-4,9H,5-8,10H2,1H3. The maximum atomic E-state index is 5.97. The largest absolute Gasteiger partial charge is 0.419 e. The Morgan fingerprint density at radius 1 is 1.20 bits per heavy atom. The second-order valence-corrected chi connectivity index (χ2v) is 5.53. The second-order valence-electron chi connectivity index (χ2n) is 5.09. The van der Waals surface area contributed by atoms with Crippen LogP contribution in [0.15, 0.2) is 28.7 Å². The van der Waals surface area contributed by atoms with Crippen molar-refractivity contribution >= 4 is 11.6 Å². The van der Waals surface area contributed by atoms with Crippen LogP contribution in [0, 0.1) is 0 Å². The summed E-state index contributed by atoms with van der Waals surface area (Å²) < 4.78 is 5.72. The molecule has 1 aromatic carbocycles. The summed E-state index contributed by atoms with van der Waals surface area (Å²) in [4.78, 5) is 4.65. The highest BCUT2D eigenvalue weighted by molar-refractivity contribution is 6.30. The van der Waals surface area contributed by atoms with Gasteiger partial charge in [0.25, 0.3) is 0 Å². The van der Waals surface area contributed by atoms with Gasteiger partial charge in [0, 0.05) is 36.8 Å². The van der Waals surface area contributed by atoms with Gasteiger partial charge in [0.1, 0.15) is 0 Å². The minimum Gasteiger partial charge on any atom is -0.419 e. The summed E-state index contributed by atoms with van der Waals surface area (Å²) in [5.41, 5.74) is 0.856. The van der Waals surface area contributed by atoms with Crippen molar-refractivity contribution in [2.24, 2.45) is 0 Å². The molecule has 5 nitrogen and oxygen atoms in total. The quantitative estimate of drug-likeness (QED) is 0.867. The molecule has 0 N–H and O–H groups in total. The van der Waals surface area contributed by atoms with Crippen LogP contribution < -0.4 is 0 Å². The SMILES string of the molecule is CN1CCN(Cc2nnc(-c3cccc(Cl)c3)o2)CC1. The Morgan fingerprint density at radius 3 is 2.75 bits per heavy atom. The van der Waals surface area contributed by atoms with Gasteiger partial charge < -0.3 is 9.32 Å². The van der Waals surface area contributed by atoms with Crippen LogP contribution in [0.4, 0.5) is 0 Å². The van der Waals surface area contributed by atoms with E-state index in [9.17, 15) is 0 Å². The molecular formula is C14H17ClN4O. The van der Waals surface area contributed by atoms with Crippen LogP contribution in [0.5, 0.6) is 0 Å². The van der Waals surface area contributed by atoms with Gasteiger partial charge in [0.2, 0.25) is 11.8 Å². The van der Waals surface area contributed by atoms with Crippen molar-refractivity contribution in [1.29, 1.82) is 0 Å². The molecule has 3 rings (SSSR count). The minimum atomic E-state index is 0.525. The zero-order chi connectivity index (χ0) is 13.9. The zero-order valence-electron chi connectivity index (χ0n) is 11.4. The molecule has 0 aliphatic carbocycles. The Bertz CT molecular complexity index is 578. The molecule has 0 saturated carbocycles. The third-order valence-corrected chi connectivity index (χ3v) is 3.73. The number of benzene rings is 1. The van der Waals surface area contributed by atoms with Crippen LogP contribution >= 0.6 is 11.6 Å². The molecule has 20 heavy (non-hydrogen) atoms. The molecular weight excluding hydrogens is 276 g/mol. The van der Waals surface area contributed by atoms with E-state index < -0.39 is 0 Å². The van der Waals surface area contributed by atoms with Gasteiger partial charge in [-0.05, 0) is 25.2 Å². The van der Waals surface area contributed by atoms with E-state index in [0.29, 0.717) is 23.3 Å². The van der Waals surface area contributed by atoms with Crippen molar-refractivity contribution < 1.29 is 4.42 Å². The molecule has 0 amide bonds. The van der Waals surface area contributed by atoms with Crippen LogP contribution in [0.1, 0.15) is 5.89 Å². The van der Waals surface area contributed by atoms with Gasteiger partial charge in [0.15, 0.2) is 0 Å². The highest BCUT2D eigenvalue weighted by Gasteiger charge is 2.17. The lowest BCUT2D eigenvalue weighted by atomic mass is 10.2. The maximum absolute atomic E-state index is 5.97. The predicted octanol–water partition coefficient (Wildman–Crippen LogP) is 2.14. The summed E-state index contributed by atoms with van der Waals surface area (Å²) in [5, 5.41) is 8.88. The molecule has 0 radical (unpaired) electrons. The number of likely N-dealkylation sites (N-methyl/N-ethyl adjacent to an activating group) is 1. The average molecular weight is 293 g/mol. The summed E-state index contributed by atoms with van der Waals surface area (Å²) in [6.45, 7) is 4.93. The molecule has 2 heterocycles. The van der Waals surface area contributed by atoms with E-state index >= 15 is 0 Å². The normalized spacial score (nSPS) is 17.5. The fourth-order valence-electron chi connectivity index (χ4n) is 2.25. The first-order chi connectivity index (χ1) is 9.70. The van der Waals surface area contributed by atoms with Crippen molar-refractivity contribution in [3.05, 3.63) is 35.2 Å². The fourth-order valence-corrected chi connectivity index (χ4v) is 2.44. The molecule has 106 valence electrons. The number of rotatable bonds is 3. The second kappa shape index (κ2) is 5.91. The Morgan fingerprint density at radius 2 is 2.00 bits per heavy atom. The van der Waals surface area contributed by atoms with Crippen LogP contribution in [0.25, 0.3) is 11.5 Å². The molecule has 2 aromatic rings. The third-order valence-electron chi connectivity index (χ3n) is 3.49. The molecule has 1 saturated heterocycles. The van der Waals surface area contributed by atoms with Crippen LogP contribution in [0.3, 0.4) is 0 Å². The van der Waals surface area contributed by atoms with E-state index in [4.69, 9.17) is 16.0 Å². The smallest absolute Gasteiger partial charge is 0.247 e. The lowest BCUT2D eigenvalue weighted by molar-refractivity contribution is 0.138. The third kappa shape index (κ3) is 3.17. The summed E-state index contributed by atoms with van der Waals surface area (Å²) in [6, 6.07) is 7.45. The van der Waals surface area contributed by atoms with Gasteiger partial charge >= 0.3 is 0 Å². The fraction of sp³-hybridized carbons (Fsp3) is 0.429. The number of halogens is 1. The number of hydrogen-bond acceptors (Lipinski definition) is 5. The van der Waals surface area contributed by atoms with Crippen molar-refractivity contribution in [2.75, 3.05) is 33.2 Å². The van der Waals surface area contributed by atoms with E-state index in [1.807, 2.05) is 24.3 Å². The lowest BCUT2D eigenvalue weighted by Gasteiger charge is -2.31. The van der Waals surface area contributed by atoms with E-state index in [1.54, 1.807) is 0 Å². The number of hydrogen-bond donors (Lipinski definition) is 0. The molecule has 0 bridgehead atoms. The van der Waals surface area contributed by atoms with Gasteiger partial charge in [-0.2, -0.15) is 0 Å². The predicted molar refractivity (Wildman–Crippen MR) is 77.5 cm³/mol. The summed E-state index contributed by atoms with van der Waals surface area (Å²) in [5.74, 6) is 1.18. The summed E-state index contributed by atoms with van der Waals surface area (Å²) in [6.07, 6.45) is 0. The van der Waals surface area contributed by atoms with Crippen molar-refractivity contribution in [1.82, 2.24) is 20.0 Å². The topological polar surface area (TPSA) is 45.4 Å². The Kier molecular flexibility index (Phi) is 4.00. The van der Waals surface area contributed by atoms with Crippen molar-refractivity contribution in [3.8, 4) is 11.5 Å². The maximum Gasteiger partial charge on any atom is 0.247 e. The summed E-state index contributed by atoms with van der Waals surface area (Å²) in [7, 11) is 2.14. The van der Waals surface area contributed by atoms with Crippen LogP contribution in [-0.2, 0) is 6.54 Å². The zero-order valence-corrected chi connectivity index (χ0v) is 12.2. The first-order valence-electron chi connectivity index (χ1n) is 6.70. The van der Waals surface area contributed by atoms with Gasteiger partial charge in [-0.1, -0.05) is 17.7 Å². The lowest BCUT2D eigenvalue weighted by Crippen LogP contribution is -2.43. The first kappa shape index (κ1) is 13.5. The van der Waals surface area contributed by atoms with Crippen molar-refractivity contribution in [2.45, 2.75) is 6.54 Å². The Labute approximate surface area is 123 Å². The summed E-state index contributed by atoms with van der Waals surface area (Å²) >= 11 is 5.97. The number of nitrogens with zero attached hydrogens (tertiary/aromatic N) is 4. The van der Waals surface area contributed by atoms with Gasteiger partial charge in [-0.15, -0.1) is 10.2 Å². The van der Waals surface area contributed by atoms with Crippen LogP contribution in [-0.4, -0.2) is 53.2 Å². The molecule has 1 aliphatic heterocycles. The van der Waals surface area contributed by atoms with E-state index in [1.165, 1.54) is 0 Å². The van der Waals surface area contributed by atoms with Gasteiger partial charge in [0.05, 0.1) is 6.54 Å². The molecule has 0 atom stereocenters. The van der Waals surface area contributed by atoms with E-state index in [-0.39, 0.29) is 0 Å². The molecule has 6 heteroatoms. The highest BCUT2D eigenvalue weighted by atomic mass is 35.5. The molecule has 1 aromatic heterocycles. The Balaban J connectivity index is 1.68. The molecule has 1 fully saturated rings. The first-order valence-corrected chi connectivity index (χ1v) is 7.08. The number of aromatic nitrogens is 2. The van der Waals surface area contributed by atoms with Gasteiger partial charge in [-0.3, -0.25) is 4.90 Å². The van der Waals surface area contributed by atoms with Crippen LogP contribution in [0.2, 0.25) is 5.02 Å². The van der Waals surface area contributed by atoms with E-state index in [0.717, 1.165) is 31.7 Å². The van der Waals surface area contributed by atoms with E-state index in [2.05, 4.69) is 27.0 Å². The Hall–Kier alpha value is -1.43. The monoisotopic (exact) mass is 292 g/mol. The molecule has 1 aliphatic rings. The van der Waals surface area contributed by atoms with Crippen molar-refractivity contribution in [3.63, 3.8) is 0 Å². The number of piperazine rings is 1. The molecule has 0 spiro atoms. The average Bonchev–Trinajstić information content (AvgIpc) is 2.90. The van der Waals surface area contributed by atoms with Gasteiger partial charge in [-0.25, -0.2) is 0 Å². The molecule has 0 unspecified atom stereocenters. The highest BCUT2D eigenvalue weighted by Crippen LogP contribution is 2.21. The minimum absolute atomic E-state index is 0.525.